The van der Waals surface area contributed by atoms with E-state index < -0.39 is 48.1 Å². The van der Waals surface area contributed by atoms with Gasteiger partial charge in [0.05, 0.1) is 32.3 Å². The van der Waals surface area contributed by atoms with E-state index in [-0.39, 0.29) is 0 Å². The molecule has 78 heavy (non-hydrogen) atoms. The Labute approximate surface area is 491 Å². The van der Waals surface area contributed by atoms with Gasteiger partial charge >= 0.3 is 0 Å². The molecule has 0 radical (unpaired) electrons. The lowest BCUT2D eigenvalue weighted by atomic mass is 9.89. The Kier molecular flexibility index (Phi) is 30.5. The van der Waals surface area contributed by atoms with E-state index in [1.54, 1.807) is 47.3 Å². The van der Waals surface area contributed by atoms with E-state index in [0.717, 1.165) is 0 Å². The first-order valence-electron chi connectivity index (χ1n) is 33.3. The summed E-state index contributed by atoms with van der Waals surface area (Å²) in [6, 6.07) is 47.7. The Morgan fingerprint density at radius 2 is 0.577 bits per heavy atom. The number of hydrogen-bond acceptors (Lipinski definition) is 0. The Balaban J connectivity index is 1.62. The molecule has 5 rings (SSSR count). The average molecular weight is 1160 g/mol. The minimum atomic E-state index is -1.57. The fourth-order valence-electron chi connectivity index (χ4n) is 12.9. The minimum Gasteiger partial charge on any atom is -0.0654 e. The van der Waals surface area contributed by atoms with Crippen LogP contribution in [-0.2, 0) is 0 Å². The summed E-state index contributed by atoms with van der Waals surface area (Å²) in [6.45, 7) is 30.5. The molecule has 434 valence electrons. The summed E-state index contributed by atoms with van der Waals surface area (Å²) in [5, 5.41) is 14.7. The number of hydrogen-bond donors (Lipinski definition) is 0. The van der Waals surface area contributed by atoms with Crippen LogP contribution in [0, 0.1) is 5.92 Å². The molecular formula is C72H120P2Si4. The van der Waals surface area contributed by atoms with E-state index in [1.165, 1.54) is 210 Å². The van der Waals surface area contributed by atoms with Crippen LogP contribution >= 0.6 is 15.8 Å². The van der Waals surface area contributed by atoms with Crippen LogP contribution in [0.25, 0.3) is 0 Å². The van der Waals surface area contributed by atoms with Crippen molar-refractivity contribution in [3.05, 3.63) is 108 Å². The van der Waals surface area contributed by atoms with Gasteiger partial charge in [0.2, 0.25) is 0 Å². The summed E-state index contributed by atoms with van der Waals surface area (Å²) in [6.07, 6.45) is 40.0. The van der Waals surface area contributed by atoms with Gasteiger partial charge in [0.15, 0.2) is 0 Å². The highest BCUT2D eigenvalue weighted by molar-refractivity contribution is 7.80. The van der Waals surface area contributed by atoms with Crippen molar-refractivity contribution in [1.29, 1.82) is 0 Å². The van der Waals surface area contributed by atoms with E-state index in [9.17, 15) is 0 Å². The molecule has 0 aliphatic heterocycles. The van der Waals surface area contributed by atoms with Gasteiger partial charge in [-0.3, -0.25) is 0 Å². The lowest BCUT2D eigenvalue weighted by Gasteiger charge is -2.34. The van der Waals surface area contributed by atoms with E-state index in [4.69, 9.17) is 0 Å². The molecule has 1 fully saturated rings. The summed E-state index contributed by atoms with van der Waals surface area (Å²) in [4.78, 5) is 0. The van der Waals surface area contributed by atoms with Crippen molar-refractivity contribution in [1.82, 2.24) is 0 Å². The van der Waals surface area contributed by atoms with Gasteiger partial charge in [-0.2, -0.15) is 0 Å². The molecule has 0 spiro atoms. The van der Waals surface area contributed by atoms with E-state index in [2.05, 4.69) is 183 Å². The zero-order valence-corrected chi connectivity index (χ0v) is 58.9. The van der Waals surface area contributed by atoms with Gasteiger partial charge in [0, 0.05) is 0 Å². The van der Waals surface area contributed by atoms with Crippen LogP contribution in [0.2, 0.25) is 76.6 Å². The van der Waals surface area contributed by atoms with Crippen molar-refractivity contribution in [3.8, 4) is 0 Å². The number of unbranched alkanes of at least 4 members (excludes halogenated alkanes) is 20. The molecule has 0 aromatic heterocycles. The smallest absolute Gasteiger partial charge is 0.0654 e. The molecule has 1 aliphatic carbocycles. The van der Waals surface area contributed by atoms with Gasteiger partial charge in [0.25, 0.3) is 0 Å². The SMILES string of the molecule is CCCCCCCC[Si](C)(C)c1ccc(P(/C=C(/C2CCCCC2)P(c2ccc([Si](C)(C)CCCCCCCC)cc2)c2ccc([Si](C)(C)CCCCCCCC)cc2)c2ccc([Si](C)(C)CCCCCCCC)cc2)cc1. The summed E-state index contributed by atoms with van der Waals surface area (Å²) < 4.78 is 0. The first kappa shape index (κ1) is 67.1. The summed E-state index contributed by atoms with van der Waals surface area (Å²) >= 11 is 0. The van der Waals surface area contributed by atoms with Crippen LogP contribution in [0.1, 0.15) is 214 Å². The standard InChI is InChI=1S/C72H120P2Si4/c1-13-17-21-25-29-36-58-75(5,6)68-50-42-64(43-51-68)73(65-44-52-69(53-45-65)76(7,8)59-37-30-26-22-18-14-2)62-72(63-40-34-33-35-41-63)74(66-46-54-70(55-47-66)77(9,10)60-38-31-27-23-19-15-3)67-48-56-71(57-49-67)78(11,12)61-39-32-28-24-20-16-4/h42-57,62-63H,13-41,58-61H2,1-12H3/b72-62-. The van der Waals surface area contributed by atoms with Crippen molar-refractivity contribution in [3.63, 3.8) is 0 Å². The number of rotatable bonds is 39. The predicted molar refractivity (Wildman–Crippen MR) is 374 cm³/mol. The molecule has 0 atom stereocenters. The fourth-order valence-corrected chi connectivity index (χ4v) is 28.1. The molecule has 0 unspecified atom stereocenters. The van der Waals surface area contributed by atoms with Crippen LogP contribution in [0.5, 0.6) is 0 Å². The average Bonchev–Trinajstić information content (AvgIpc) is 3.46. The van der Waals surface area contributed by atoms with Crippen molar-refractivity contribution >= 4 is 90.1 Å². The highest BCUT2D eigenvalue weighted by Gasteiger charge is 2.32. The van der Waals surface area contributed by atoms with Crippen LogP contribution in [0.4, 0.5) is 0 Å². The van der Waals surface area contributed by atoms with Crippen molar-refractivity contribution in [2.75, 3.05) is 0 Å². The molecule has 4 aromatic carbocycles. The quantitative estimate of drug-likeness (QED) is 0.0237. The Morgan fingerprint density at radius 1 is 0.333 bits per heavy atom. The molecule has 0 heterocycles. The molecular weight excluding hydrogens is 1040 g/mol. The molecule has 4 aromatic rings. The Bertz CT molecular complexity index is 2090. The summed E-state index contributed by atoms with van der Waals surface area (Å²) in [7, 11) is -7.74. The van der Waals surface area contributed by atoms with Gasteiger partial charge in [-0.15, -0.1) is 0 Å². The van der Waals surface area contributed by atoms with E-state index in [1.807, 2.05) is 0 Å². The van der Waals surface area contributed by atoms with Gasteiger partial charge in [-0.1, -0.05) is 395 Å². The third-order valence-electron chi connectivity index (χ3n) is 18.8. The number of allylic oxidation sites excluding steroid dienone is 1. The highest BCUT2D eigenvalue weighted by atomic mass is 31.1. The van der Waals surface area contributed by atoms with Crippen LogP contribution in [-0.4, -0.2) is 32.3 Å². The number of benzene rings is 4. The third-order valence-corrected chi connectivity index (χ3v) is 37.9. The van der Waals surface area contributed by atoms with Crippen LogP contribution < -0.4 is 42.0 Å². The van der Waals surface area contributed by atoms with Gasteiger partial charge in [0.1, 0.15) is 0 Å². The Morgan fingerprint density at radius 3 is 0.846 bits per heavy atom. The van der Waals surface area contributed by atoms with Crippen molar-refractivity contribution < 1.29 is 0 Å². The van der Waals surface area contributed by atoms with Gasteiger partial charge in [-0.25, -0.2) is 0 Å². The monoisotopic (exact) mass is 1160 g/mol. The maximum absolute atomic E-state index is 2.97. The maximum Gasteiger partial charge on any atom is 0.0806 e. The second-order valence-electron chi connectivity index (χ2n) is 27.4. The molecule has 1 aliphatic rings. The second-order valence-corrected chi connectivity index (χ2v) is 51.0. The molecule has 1 saturated carbocycles. The summed E-state index contributed by atoms with van der Waals surface area (Å²) in [5.74, 6) is 3.59. The first-order chi connectivity index (χ1) is 37.6. The van der Waals surface area contributed by atoms with Crippen molar-refractivity contribution in [2.45, 2.75) is 290 Å². The molecule has 0 nitrogen and oxygen atoms in total. The minimum absolute atomic E-state index is 0.622. The zero-order chi connectivity index (χ0) is 56.3. The fraction of sp³-hybridized carbons (Fsp3) is 0.639. The molecule has 6 heteroatoms. The lowest BCUT2D eigenvalue weighted by molar-refractivity contribution is 0.414. The molecule has 0 saturated heterocycles. The van der Waals surface area contributed by atoms with E-state index in [0.29, 0.717) is 5.92 Å². The highest BCUT2D eigenvalue weighted by Crippen LogP contribution is 2.54. The molecule has 0 bridgehead atoms. The van der Waals surface area contributed by atoms with Crippen LogP contribution in [0.3, 0.4) is 0 Å². The van der Waals surface area contributed by atoms with Crippen LogP contribution in [0.15, 0.2) is 108 Å². The van der Waals surface area contributed by atoms with Gasteiger partial charge < -0.3 is 0 Å². The zero-order valence-electron chi connectivity index (χ0n) is 53.1. The topological polar surface area (TPSA) is 0 Å². The molecule has 0 N–H and O–H groups in total. The van der Waals surface area contributed by atoms with Gasteiger partial charge in [-0.05, 0) is 67.0 Å². The maximum atomic E-state index is 2.97. The predicted octanol–water partition coefficient (Wildman–Crippen LogP) is 20.8. The normalized spacial score (nSPS) is 14.3. The second kappa shape index (κ2) is 35.5. The van der Waals surface area contributed by atoms with Crippen molar-refractivity contribution in [2.24, 2.45) is 5.92 Å². The van der Waals surface area contributed by atoms with E-state index >= 15 is 0 Å². The lowest BCUT2D eigenvalue weighted by Crippen LogP contribution is -2.42. The summed E-state index contributed by atoms with van der Waals surface area (Å²) in [5.41, 5.74) is 0. The third kappa shape index (κ3) is 22.2. The first-order valence-corrected chi connectivity index (χ1v) is 48.9. The Hall–Kier alpha value is -1.65. The largest absolute Gasteiger partial charge is 0.0806 e. The molecule has 0 amide bonds.